The van der Waals surface area contributed by atoms with Gasteiger partial charge in [-0.1, -0.05) is 12.8 Å². The van der Waals surface area contributed by atoms with Gasteiger partial charge in [0.05, 0.1) is 6.61 Å². The van der Waals surface area contributed by atoms with Gasteiger partial charge in [-0.05, 0) is 25.8 Å². The van der Waals surface area contributed by atoms with Crippen molar-refractivity contribution < 1.29 is 23.1 Å². The minimum Gasteiger partial charge on any atom is -0.394 e. The van der Waals surface area contributed by atoms with Crippen LogP contribution in [0.2, 0.25) is 0 Å². The second-order valence-electron chi connectivity index (χ2n) is 4.68. The summed E-state index contributed by atoms with van der Waals surface area (Å²) in [5.41, 5.74) is -0.270. The van der Waals surface area contributed by atoms with Crippen LogP contribution >= 0.6 is 0 Å². The van der Waals surface area contributed by atoms with E-state index in [1.165, 1.54) is 0 Å². The highest BCUT2D eigenvalue weighted by molar-refractivity contribution is 5.81. The molecule has 0 heterocycles. The largest absolute Gasteiger partial charge is 0.471 e. The van der Waals surface area contributed by atoms with E-state index in [1.807, 2.05) is 5.32 Å². The summed E-state index contributed by atoms with van der Waals surface area (Å²) < 4.78 is 35.6. The lowest BCUT2D eigenvalue weighted by Crippen LogP contribution is -2.47. The normalized spacial score (nSPS) is 18.9. The summed E-state index contributed by atoms with van der Waals surface area (Å²) in [4.78, 5) is 10.5. The monoisotopic (exact) mass is 268 g/mol. The first-order chi connectivity index (χ1) is 8.40. The summed E-state index contributed by atoms with van der Waals surface area (Å²) in [7, 11) is 0. The van der Waals surface area contributed by atoms with E-state index < -0.39 is 12.1 Å². The molecule has 0 bridgehead atoms. The molecule has 0 aliphatic heterocycles. The Morgan fingerprint density at radius 2 is 1.83 bits per heavy atom. The third kappa shape index (κ3) is 4.45. The summed E-state index contributed by atoms with van der Waals surface area (Å²) in [6.07, 6.45) is -0.525. The highest BCUT2D eigenvalue weighted by Gasteiger charge is 2.38. The van der Waals surface area contributed by atoms with E-state index >= 15 is 0 Å². The number of amides is 1. The number of aliphatic hydroxyl groups is 1. The molecule has 4 nitrogen and oxygen atoms in total. The van der Waals surface area contributed by atoms with Crippen molar-refractivity contribution in [2.75, 3.05) is 19.7 Å². The molecule has 1 rings (SSSR count). The fraction of sp³-hybridized carbons (Fsp3) is 0.909. The predicted molar refractivity (Wildman–Crippen MR) is 60.0 cm³/mol. The van der Waals surface area contributed by atoms with Crippen LogP contribution in [0.15, 0.2) is 0 Å². The molecule has 0 atom stereocenters. The molecule has 0 aromatic carbocycles. The van der Waals surface area contributed by atoms with Gasteiger partial charge in [-0.25, -0.2) is 0 Å². The zero-order valence-electron chi connectivity index (χ0n) is 10.1. The minimum atomic E-state index is -4.81. The molecule has 0 aromatic heterocycles. The van der Waals surface area contributed by atoms with Crippen molar-refractivity contribution in [1.82, 2.24) is 10.6 Å². The molecule has 3 N–H and O–H groups in total. The van der Waals surface area contributed by atoms with Crippen LogP contribution in [0.25, 0.3) is 0 Å². The van der Waals surface area contributed by atoms with Gasteiger partial charge >= 0.3 is 12.1 Å². The zero-order valence-corrected chi connectivity index (χ0v) is 10.1. The molecule has 18 heavy (non-hydrogen) atoms. The molecule has 1 aliphatic carbocycles. The van der Waals surface area contributed by atoms with Crippen LogP contribution in [-0.2, 0) is 4.79 Å². The van der Waals surface area contributed by atoms with Crippen LogP contribution in [0.1, 0.15) is 32.1 Å². The lowest BCUT2D eigenvalue weighted by Gasteiger charge is -2.28. The van der Waals surface area contributed by atoms with E-state index in [0.717, 1.165) is 25.7 Å². The van der Waals surface area contributed by atoms with E-state index in [0.29, 0.717) is 13.0 Å². The Bertz CT molecular complexity index is 276. The van der Waals surface area contributed by atoms with Gasteiger partial charge in [0.15, 0.2) is 0 Å². The lowest BCUT2D eigenvalue weighted by atomic mass is 9.99. The van der Waals surface area contributed by atoms with Crippen LogP contribution in [0, 0.1) is 0 Å². The molecule has 0 aromatic rings. The van der Waals surface area contributed by atoms with Gasteiger partial charge in [0.2, 0.25) is 0 Å². The van der Waals surface area contributed by atoms with E-state index in [2.05, 4.69) is 5.32 Å². The topological polar surface area (TPSA) is 61.4 Å². The van der Waals surface area contributed by atoms with Crippen molar-refractivity contribution in [1.29, 1.82) is 0 Å². The smallest absolute Gasteiger partial charge is 0.394 e. The quantitative estimate of drug-likeness (QED) is 0.629. The number of rotatable bonds is 6. The molecule has 106 valence electrons. The number of carbonyl (C=O) groups excluding carboxylic acids is 1. The lowest BCUT2D eigenvalue weighted by molar-refractivity contribution is -0.173. The highest BCUT2D eigenvalue weighted by Crippen LogP contribution is 2.28. The molecule has 0 radical (unpaired) electrons. The molecule has 1 aliphatic rings. The third-order valence-corrected chi connectivity index (χ3v) is 3.26. The number of alkyl halides is 3. The predicted octanol–water partition coefficient (Wildman–Crippen LogP) is 0.950. The average molecular weight is 268 g/mol. The number of aliphatic hydroxyl groups excluding tert-OH is 1. The Balaban J connectivity index is 2.13. The second-order valence-corrected chi connectivity index (χ2v) is 4.68. The first-order valence-electron chi connectivity index (χ1n) is 6.11. The Morgan fingerprint density at radius 3 is 2.33 bits per heavy atom. The standard InChI is InChI=1S/C11H19F3N2O2/c12-11(13,14)9(18)15-6-3-7-16-10(8-17)4-1-2-5-10/h16-17H,1-8H2,(H,15,18). The molecule has 7 heteroatoms. The number of halogens is 3. The van der Waals surface area contributed by atoms with Crippen LogP contribution in [0.5, 0.6) is 0 Å². The Morgan fingerprint density at radius 1 is 1.22 bits per heavy atom. The molecular formula is C11H19F3N2O2. The van der Waals surface area contributed by atoms with Gasteiger partial charge in [0, 0.05) is 12.1 Å². The highest BCUT2D eigenvalue weighted by atomic mass is 19.4. The summed E-state index contributed by atoms with van der Waals surface area (Å²) >= 11 is 0. The minimum absolute atomic E-state index is 0.0210. The maximum absolute atomic E-state index is 11.9. The first-order valence-corrected chi connectivity index (χ1v) is 6.11. The molecule has 1 saturated carbocycles. The number of hydrogen-bond donors (Lipinski definition) is 3. The maximum Gasteiger partial charge on any atom is 0.471 e. The van der Waals surface area contributed by atoms with Crippen LogP contribution in [0.3, 0.4) is 0 Å². The van der Waals surface area contributed by atoms with Crippen molar-refractivity contribution in [3.63, 3.8) is 0 Å². The molecular weight excluding hydrogens is 249 g/mol. The summed E-state index contributed by atoms with van der Waals surface area (Å²) in [6, 6.07) is 0. The van der Waals surface area contributed by atoms with E-state index in [4.69, 9.17) is 0 Å². The van der Waals surface area contributed by atoms with Crippen LogP contribution < -0.4 is 10.6 Å². The van der Waals surface area contributed by atoms with Crippen molar-refractivity contribution in [2.24, 2.45) is 0 Å². The van der Waals surface area contributed by atoms with Gasteiger partial charge in [-0.15, -0.1) is 0 Å². The number of nitrogens with one attached hydrogen (secondary N) is 2. The number of carbonyl (C=O) groups is 1. The van der Waals surface area contributed by atoms with E-state index in [-0.39, 0.29) is 18.7 Å². The van der Waals surface area contributed by atoms with E-state index in [9.17, 15) is 23.1 Å². The zero-order chi connectivity index (χ0) is 13.6. The van der Waals surface area contributed by atoms with Crippen molar-refractivity contribution in [3.8, 4) is 0 Å². The fourth-order valence-corrected chi connectivity index (χ4v) is 2.19. The van der Waals surface area contributed by atoms with Crippen LogP contribution in [0.4, 0.5) is 13.2 Å². The van der Waals surface area contributed by atoms with Gasteiger partial charge in [-0.3, -0.25) is 4.79 Å². The Hall–Kier alpha value is -0.820. The van der Waals surface area contributed by atoms with Crippen molar-refractivity contribution in [2.45, 2.75) is 43.8 Å². The first kappa shape index (κ1) is 15.2. The third-order valence-electron chi connectivity index (χ3n) is 3.26. The Kier molecular flexibility index (Phi) is 5.40. The van der Waals surface area contributed by atoms with Crippen molar-refractivity contribution >= 4 is 5.91 Å². The van der Waals surface area contributed by atoms with Gasteiger partial charge in [-0.2, -0.15) is 13.2 Å². The van der Waals surface area contributed by atoms with E-state index in [1.54, 1.807) is 0 Å². The fourth-order valence-electron chi connectivity index (χ4n) is 2.19. The molecule has 0 saturated heterocycles. The Labute approximate surface area is 104 Å². The molecule has 0 unspecified atom stereocenters. The second kappa shape index (κ2) is 6.38. The van der Waals surface area contributed by atoms with Gasteiger partial charge in [0.1, 0.15) is 0 Å². The summed E-state index contributed by atoms with van der Waals surface area (Å²) in [6.45, 7) is 0.507. The molecule has 1 fully saturated rings. The molecule has 0 spiro atoms. The average Bonchev–Trinajstić information content (AvgIpc) is 2.76. The SMILES string of the molecule is O=C(NCCCNC1(CO)CCCC1)C(F)(F)F. The van der Waals surface area contributed by atoms with Gasteiger partial charge in [0.25, 0.3) is 0 Å². The van der Waals surface area contributed by atoms with Crippen LogP contribution in [-0.4, -0.2) is 42.4 Å². The summed E-state index contributed by atoms with van der Waals surface area (Å²) in [5, 5.41) is 14.3. The maximum atomic E-state index is 11.9. The number of hydrogen-bond acceptors (Lipinski definition) is 3. The van der Waals surface area contributed by atoms with Gasteiger partial charge < -0.3 is 15.7 Å². The summed E-state index contributed by atoms with van der Waals surface area (Å²) in [5.74, 6) is -1.90. The van der Waals surface area contributed by atoms with Crippen molar-refractivity contribution in [3.05, 3.63) is 0 Å². The molecule has 1 amide bonds.